The SMILES string of the molecule is CNCc1cncn1CCCN(C)c1ccccc1. The number of imidazole rings is 1. The van der Waals surface area contributed by atoms with Gasteiger partial charge in [-0.3, -0.25) is 0 Å². The molecule has 0 saturated heterocycles. The average molecular weight is 258 g/mol. The van der Waals surface area contributed by atoms with Crippen LogP contribution in [0.2, 0.25) is 0 Å². The molecular formula is C15H22N4. The maximum absolute atomic E-state index is 4.21. The van der Waals surface area contributed by atoms with Crippen LogP contribution in [0.5, 0.6) is 0 Å². The number of nitrogens with zero attached hydrogens (tertiary/aromatic N) is 3. The van der Waals surface area contributed by atoms with E-state index in [4.69, 9.17) is 0 Å². The highest BCUT2D eigenvalue weighted by Crippen LogP contribution is 2.11. The predicted molar refractivity (Wildman–Crippen MR) is 79.3 cm³/mol. The van der Waals surface area contributed by atoms with Crippen molar-refractivity contribution in [3.05, 3.63) is 48.5 Å². The fourth-order valence-corrected chi connectivity index (χ4v) is 2.17. The first kappa shape index (κ1) is 13.6. The molecule has 1 heterocycles. The fraction of sp³-hybridized carbons (Fsp3) is 0.400. The Balaban J connectivity index is 1.81. The number of hydrogen-bond acceptors (Lipinski definition) is 3. The molecule has 19 heavy (non-hydrogen) atoms. The van der Waals surface area contributed by atoms with E-state index >= 15 is 0 Å². The molecule has 4 nitrogen and oxygen atoms in total. The molecule has 0 saturated carbocycles. The van der Waals surface area contributed by atoms with Crippen molar-refractivity contribution < 1.29 is 0 Å². The normalized spacial score (nSPS) is 10.6. The molecule has 1 N–H and O–H groups in total. The zero-order valence-corrected chi connectivity index (χ0v) is 11.7. The summed E-state index contributed by atoms with van der Waals surface area (Å²) in [6.07, 6.45) is 4.95. The number of anilines is 1. The molecule has 2 aromatic rings. The van der Waals surface area contributed by atoms with Crippen LogP contribution in [-0.2, 0) is 13.1 Å². The molecular weight excluding hydrogens is 236 g/mol. The summed E-state index contributed by atoms with van der Waals surface area (Å²) in [5.41, 5.74) is 2.51. The van der Waals surface area contributed by atoms with Gasteiger partial charge >= 0.3 is 0 Å². The highest BCUT2D eigenvalue weighted by molar-refractivity contribution is 5.44. The van der Waals surface area contributed by atoms with Gasteiger partial charge in [-0.25, -0.2) is 4.98 Å². The van der Waals surface area contributed by atoms with Crippen molar-refractivity contribution in [3.8, 4) is 0 Å². The van der Waals surface area contributed by atoms with E-state index in [0.717, 1.165) is 26.1 Å². The molecule has 0 aliphatic carbocycles. The quantitative estimate of drug-likeness (QED) is 0.826. The van der Waals surface area contributed by atoms with Gasteiger partial charge < -0.3 is 14.8 Å². The number of aromatic nitrogens is 2. The van der Waals surface area contributed by atoms with Crippen LogP contribution < -0.4 is 10.2 Å². The highest BCUT2D eigenvalue weighted by atomic mass is 15.1. The lowest BCUT2D eigenvalue weighted by Crippen LogP contribution is -2.20. The molecule has 1 aromatic heterocycles. The Hall–Kier alpha value is -1.81. The van der Waals surface area contributed by atoms with E-state index in [1.54, 1.807) is 0 Å². The summed E-state index contributed by atoms with van der Waals surface area (Å²) in [4.78, 5) is 6.49. The lowest BCUT2D eigenvalue weighted by atomic mass is 10.3. The Kier molecular flexibility index (Phi) is 4.98. The molecule has 0 unspecified atom stereocenters. The second-order valence-corrected chi connectivity index (χ2v) is 4.72. The van der Waals surface area contributed by atoms with E-state index in [-0.39, 0.29) is 0 Å². The first-order chi connectivity index (χ1) is 9.31. The van der Waals surface area contributed by atoms with Crippen LogP contribution >= 0.6 is 0 Å². The minimum atomic E-state index is 0.870. The highest BCUT2D eigenvalue weighted by Gasteiger charge is 2.02. The monoisotopic (exact) mass is 258 g/mol. The van der Waals surface area contributed by atoms with Crippen molar-refractivity contribution in [3.63, 3.8) is 0 Å². The van der Waals surface area contributed by atoms with Crippen molar-refractivity contribution in [2.45, 2.75) is 19.5 Å². The van der Waals surface area contributed by atoms with Gasteiger partial charge in [-0.05, 0) is 25.6 Å². The van der Waals surface area contributed by atoms with Gasteiger partial charge in [-0.1, -0.05) is 18.2 Å². The van der Waals surface area contributed by atoms with Crippen LogP contribution in [0.25, 0.3) is 0 Å². The van der Waals surface area contributed by atoms with E-state index in [1.165, 1.54) is 11.4 Å². The lowest BCUT2D eigenvalue weighted by molar-refractivity contribution is 0.601. The van der Waals surface area contributed by atoms with Gasteiger partial charge in [0, 0.05) is 38.6 Å². The first-order valence-electron chi connectivity index (χ1n) is 6.71. The maximum atomic E-state index is 4.21. The summed E-state index contributed by atoms with van der Waals surface area (Å²) in [6.45, 7) is 2.92. The third kappa shape index (κ3) is 3.83. The number of aryl methyl sites for hydroxylation is 1. The molecule has 0 atom stereocenters. The van der Waals surface area contributed by atoms with Crippen LogP contribution in [0.1, 0.15) is 12.1 Å². The summed E-state index contributed by atoms with van der Waals surface area (Å²) < 4.78 is 2.22. The summed E-state index contributed by atoms with van der Waals surface area (Å²) >= 11 is 0. The maximum Gasteiger partial charge on any atom is 0.0948 e. The smallest absolute Gasteiger partial charge is 0.0948 e. The van der Waals surface area contributed by atoms with Gasteiger partial charge in [0.1, 0.15) is 0 Å². The van der Waals surface area contributed by atoms with Gasteiger partial charge in [0.15, 0.2) is 0 Å². The van der Waals surface area contributed by atoms with Crippen molar-refractivity contribution in [2.24, 2.45) is 0 Å². The van der Waals surface area contributed by atoms with E-state index in [2.05, 4.69) is 51.1 Å². The minimum Gasteiger partial charge on any atom is -0.375 e. The van der Waals surface area contributed by atoms with Gasteiger partial charge in [-0.2, -0.15) is 0 Å². The van der Waals surface area contributed by atoms with E-state index in [1.807, 2.05) is 25.6 Å². The largest absolute Gasteiger partial charge is 0.375 e. The number of rotatable bonds is 7. The van der Waals surface area contributed by atoms with Crippen molar-refractivity contribution >= 4 is 5.69 Å². The lowest BCUT2D eigenvalue weighted by Gasteiger charge is -2.19. The van der Waals surface area contributed by atoms with Crippen LogP contribution in [0.15, 0.2) is 42.9 Å². The number of benzene rings is 1. The van der Waals surface area contributed by atoms with Gasteiger partial charge in [-0.15, -0.1) is 0 Å². The van der Waals surface area contributed by atoms with Crippen molar-refractivity contribution in [2.75, 3.05) is 25.5 Å². The molecule has 2 rings (SSSR count). The standard InChI is InChI=1S/C15H22N4/c1-16-11-15-12-17-13-19(15)10-6-9-18(2)14-7-4-3-5-8-14/h3-5,7-8,12-13,16H,6,9-11H2,1-2H3. The Morgan fingerprint density at radius 3 is 2.79 bits per heavy atom. The zero-order valence-electron chi connectivity index (χ0n) is 11.7. The average Bonchev–Trinajstić information content (AvgIpc) is 2.88. The summed E-state index contributed by atoms with van der Waals surface area (Å²) in [5, 5.41) is 3.16. The molecule has 0 aliphatic rings. The molecule has 4 heteroatoms. The van der Waals surface area contributed by atoms with E-state index in [9.17, 15) is 0 Å². The van der Waals surface area contributed by atoms with Gasteiger partial charge in [0.05, 0.1) is 12.0 Å². The molecule has 1 aromatic carbocycles. The second kappa shape index (κ2) is 6.95. The second-order valence-electron chi connectivity index (χ2n) is 4.72. The van der Waals surface area contributed by atoms with Crippen LogP contribution in [-0.4, -0.2) is 30.2 Å². The predicted octanol–water partition coefficient (Wildman–Crippen LogP) is 2.13. The molecule has 0 amide bonds. The Labute approximate surface area is 115 Å². The zero-order chi connectivity index (χ0) is 13.5. The van der Waals surface area contributed by atoms with Crippen molar-refractivity contribution in [1.29, 1.82) is 0 Å². The fourth-order valence-electron chi connectivity index (χ4n) is 2.17. The number of para-hydroxylation sites is 1. The third-order valence-electron chi connectivity index (χ3n) is 3.25. The van der Waals surface area contributed by atoms with E-state index < -0.39 is 0 Å². The van der Waals surface area contributed by atoms with Gasteiger partial charge in [0.2, 0.25) is 0 Å². The Morgan fingerprint density at radius 1 is 1.26 bits per heavy atom. The molecule has 0 aliphatic heterocycles. The summed E-state index contributed by atoms with van der Waals surface area (Å²) in [5.74, 6) is 0. The first-order valence-corrected chi connectivity index (χ1v) is 6.71. The summed E-state index contributed by atoms with van der Waals surface area (Å²) in [7, 11) is 4.10. The van der Waals surface area contributed by atoms with E-state index in [0.29, 0.717) is 0 Å². The Bertz CT molecular complexity index is 478. The molecule has 102 valence electrons. The molecule has 0 spiro atoms. The molecule has 0 fully saturated rings. The Morgan fingerprint density at radius 2 is 2.05 bits per heavy atom. The van der Waals surface area contributed by atoms with Crippen LogP contribution in [0.3, 0.4) is 0 Å². The van der Waals surface area contributed by atoms with Crippen LogP contribution in [0, 0.1) is 0 Å². The van der Waals surface area contributed by atoms with Crippen LogP contribution in [0.4, 0.5) is 5.69 Å². The summed E-state index contributed by atoms with van der Waals surface area (Å²) in [6, 6.07) is 10.5. The number of hydrogen-bond donors (Lipinski definition) is 1. The topological polar surface area (TPSA) is 33.1 Å². The van der Waals surface area contributed by atoms with Gasteiger partial charge in [0.25, 0.3) is 0 Å². The minimum absolute atomic E-state index is 0.870. The third-order valence-corrected chi connectivity index (χ3v) is 3.25. The molecule has 0 radical (unpaired) electrons. The number of nitrogens with one attached hydrogen (secondary N) is 1. The molecule has 0 bridgehead atoms. The van der Waals surface area contributed by atoms with Crippen molar-refractivity contribution in [1.82, 2.24) is 14.9 Å².